The minimum atomic E-state index is -0.381. The number of carbonyl (C=O) groups is 1. The molecule has 4 heteroatoms. The lowest BCUT2D eigenvalue weighted by atomic mass is 10.1. The first kappa shape index (κ1) is 13.0. The van der Waals surface area contributed by atoms with Gasteiger partial charge in [-0.2, -0.15) is 0 Å². The van der Waals surface area contributed by atoms with Crippen molar-refractivity contribution in [3.63, 3.8) is 0 Å². The number of amides is 1. The summed E-state index contributed by atoms with van der Waals surface area (Å²) < 4.78 is 0. The Bertz CT molecular complexity index is 636. The molecule has 0 aromatic heterocycles. The first-order chi connectivity index (χ1) is 8.99. The molecule has 0 fully saturated rings. The van der Waals surface area contributed by atoms with Crippen molar-refractivity contribution in [1.82, 2.24) is 0 Å². The SMILES string of the molecule is Cc1cc(N)c(NC(=O)c2ccccc2O)cc1C. The van der Waals surface area contributed by atoms with Crippen molar-refractivity contribution in [3.8, 4) is 5.75 Å². The van der Waals surface area contributed by atoms with Crippen LogP contribution in [-0.4, -0.2) is 11.0 Å². The van der Waals surface area contributed by atoms with Gasteiger partial charge < -0.3 is 16.2 Å². The molecule has 0 radical (unpaired) electrons. The number of aryl methyl sites for hydroxylation is 2. The van der Waals surface area contributed by atoms with Crippen molar-refractivity contribution in [3.05, 3.63) is 53.1 Å². The van der Waals surface area contributed by atoms with Crippen molar-refractivity contribution in [2.24, 2.45) is 0 Å². The maximum absolute atomic E-state index is 12.1. The quantitative estimate of drug-likeness (QED) is 0.723. The molecule has 0 heterocycles. The van der Waals surface area contributed by atoms with Gasteiger partial charge in [-0.1, -0.05) is 12.1 Å². The first-order valence-electron chi connectivity index (χ1n) is 5.95. The van der Waals surface area contributed by atoms with Crippen molar-refractivity contribution < 1.29 is 9.90 Å². The van der Waals surface area contributed by atoms with Crippen LogP contribution in [0.1, 0.15) is 21.5 Å². The van der Waals surface area contributed by atoms with Gasteiger partial charge in [0.15, 0.2) is 0 Å². The number of aromatic hydroxyl groups is 1. The molecule has 0 saturated heterocycles. The average molecular weight is 256 g/mol. The number of carbonyl (C=O) groups excluding carboxylic acids is 1. The summed E-state index contributed by atoms with van der Waals surface area (Å²) in [6.07, 6.45) is 0. The highest BCUT2D eigenvalue weighted by atomic mass is 16.3. The highest BCUT2D eigenvalue weighted by Crippen LogP contribution is 2.25. The van der Waals surface area contributed by atoms with E-state index in [1.54, 1.807) is 18.2 Å². The van der Waals surface area contributed by atoms with Gasteiger partial charge >= 0.3 is 0 Å². The zero-order valence-corrected chi connectivity index (χ0v) is 10.9. The molecule has 0 spiro atoms. The van der Waals surface area contributed by atoms with Gasteiger partial charge in [0.2, 0.25) is 0 Å². The highest BCUT2D eigenvalue weighted by Gasteiger charge is 2.12. The Morgan fingerprint density at radius 1 is 1.16 bits per heavy atom. The Labute approximate surface area is 111 Å². The van der Waals surface area contributed by atoms with Gasteiger partial charge in [-0.15, -0.1) is 0 Å². The molecule has 4 nitrogen and oxygen atoms in total. The van der Waals surface area contributed by atoms with Crippen molar-refractivity contribution in [2.75, 3.05) is 11.1 Å². The maximum Gasteiger partial charge on any atom is 0.259 e. The van der Waals surface area contributed by atoms with Crippen LogP contribution in [0.25, 0.3) is 0 Å². The van der Waals surface area contributed by atoms with E-state index in [4.69, 9.17) is 5.73 Å². The lowest BCUT2D eigenvalue weighted by molar-refractivity contribution is 0.102. The predicted molar refractivity (Wildman–Crippen MR) is 76.4 cm³/mol. The number of para-hydroxylation sites is 1. The number of hydrogen-bond acceptors (Lipinski definition) is 3. The van der Waals surface area contributed by atoms with Crippen LogP contribution in [0.2, 0.25) is 0 Å². The van der Waals surface area contributed by atoms with Gasteiger partial charge in [-0.05, 0) is 49.2 Å². The van der Waals surface area contributed by atoms with Crippen LogP contribution in [0.3, 0.4) is 0 Å². The van der Waals surface area contributed by atoms with E-state index < -0.39 is 0 Å². The van der Waals surface area contributed by atoms with Crippen LogP contribution >= 0.6 is 0 Å². The standard InChI is InChI=1S/C15H16N2O2/c1-9-7-12(16)13(8-10(9)2)17-15(19)11-5-3-4-6-14(11)18/h3-8,18H,16H2,1-2H3,(H,17,19). The van der Waals surface area contributed by atoms with Crippen molar-refractivity contribution in [2.45, 2.75) is 13.8 Å². The Hall–Kier alpha value is -2.49. The summed E-state index contributed by atoms with van der Waals surface area (Å²) in [4.78, 5) is 12.1. The van der Waals surface area contributed by atoms with Crippen LogP contribution in [0.4, 0.5) is 11.4 Å². The fraction of sp³-hybridized carbons (Fsp3) is 0.133. The number of phenolic OH excluding ortho intramolecular Hbond substituents is 1. The minimum Gasteiger partial charge on any atom is -0.507 e. The fourth-order valence-electron chi connectivity index (χ4n) is 1.80. The van der Waals surface area contributed by atoms with Gasteiger partial charge in [0, 0.05) is 0 Å². The van der Waals surface area contributed by atoms with Crippen LogP contribution in [0.15, 0.2) is 36.4 Å². The lowest BCUT2D eigenvalue weighted by Gasteiger charge is -2.11. The third-order valence-electron chi connectivity index (χ3n) is 3.06. The molecule has 2 aromatic rings. The smallest absolute Gasteiger partial charge is 0.259 e. The molecule has 0 atom stereocenters. The van der Waals surface area contributed by atoms with E-state index >= 15 is 0 Å². The van der Waals surface area contributed by atoms with E-state index in [0.717, 1.165) is 11.1 Å². The molecule has 1 amide bonds. The molecule has 2 rings (SSSR count). The lowest BCUT2D eigenvalue weighted by Crippen LogP contribution is -2.13. The third-order valence-corrected chi connectivity index (χ3v) is 3.06. The maximum atomic E-state index is 12.1. The van der Waals surface area contributed by atoms with Crippen LogP contribution in [-0.2, 0) is 0 Å². The fourth-order valence-corrected chi connectivity index (χ4v) is 1.80. The Kier molecular flexibility index (Phi) is 3.42. The first-order valence-corrected chi connectivity index (χ1v) is 5.95. The van der Waals surface area contributed by atoms with E-state index in [1.807, 2.05) is 26.0 Å². The summed E-state index contributed by atoms with van der Waals surface area (Å²) in [5.41, 5.74) is 9.27. The number of anilines is 2. The molecule has 0 aliphatic carbocycles. The second kappa shape index (κ2) is 5.02. The van der Waals surface area contributed by atoms with E-state index in [-0.39, 0.29) is 17.2 Å². The summed E-state index contributed by atoms with van der Waals surface area (Å²) in [7, 11) is 0. The third kappa shape index (κ3) is 2.68. The molecule has 2 aromatic carbocycles. The number of benzene rings is 2. The van der Waals surface area contributed by atoms with E-state index in [2.05, 4.69) is 5.32 Å². The Balaban J connectivity index is 2.30. The van der Waals surface area contributed by atoms with E-state index in [1.165, 1.54) is 6.07 Å². The molecule has 19 heavy (non-hydrogen) atoms. The van der Waals surface area contributed by atoms with Crippen molar-refractivity contribution >= 4 is 17.3 Å². The molecule has 4 N–H and O–H groups in total. The van der Waals surface area contributed by atoms with Crippen LogP contribution < -0.4 is 11.1 Å². The van der Waals surface area contributed by atoms with Crippen molar-refractivity contribution in [1.29, 1.82) is 0 Å². The molecule has 0 aliphatic heterocycles. The van der Waals surface area contributed by atoms with Crippen LogP contribution in [0, 0.1) is 13.8 Å². The number of nitrogens with one attached hydrogen (secondary N) is 1. The second-order valence-electron chi connectivity index (χ2n) is 4.49. The van der Waals surface area contributed by atoms with Gasteiger partial charge in [0.1, 0.15) is 5.75 Å². The zero-order chi connectivity index (χ0) is 14.0. The van der Waals surface area contributed by atoms with Crippen LogP contribution in [0.5, 0.6) is 5.75 Å². The second-order valence-corrected chi connectivity index (χ2v) is 4.49. The Morgan fingerprint density at radius 2 is 1.79 bits per heavy atom. The topological polar surface area (TPSA) is 75.3 Å². The number of rotatable bonds is 2. The minimum absolute atomic E-state index is 0.0533. The molecule has 0 saturated carbocycles. The number of nitrogen functional groups attached to an aromatic ring is 1. The van der Waals surface area contributed by atoms with E-state index in [0.29, 0.717) is 11.4 Å². The number of hydrogen-bond donors (Lipinski definition) is 3. The molecular weight excluding hydrogens is 240 g/mol. The summed E-state index contributed by atoms with van der Waals surface area (Å²) in [5, 5.41) is 12.3. The molecule has 98 valence electrons. The Morgan fingerprint density at radius 3 is 2.47 bits per heavy atom. The summed E-state index contributed by atoms with van der Waals surface area (Å²) >= 11 is 0. The van der Waals surface area contributed by atoms with Gasteiger partial charge in [0.05, 0.1) is 16.9 Å². The molecule has 0 aliphatic rings. The summed E-state index contributed by atoms with van der Waals surface area (Å²) in [5.74, 6) is -0.435. The summed E-state index contributed by atoms with van der Waals surface area (Å²) in [6, 6.07) is 10.0. The predicted octanol–water partition coefficient (Wildman–Crippen LogP) is 2.84. The monoisotopic (exact) mass is 256 g/mol. The number of phenols is 1. The summed E-state index contributed by atoms with van der Waals surface area (Å²) in [6.45, 7) is 3.91. The zero-order valence-electron chi connectivity index (χ0n) is 10.9. The molecular formula is C15H16N2O2. The molecule has 0 unspecified atom stereocenters. The van der Waals surface area contributed by atoms with E-state index in [9.17, 15) is 9.90 Å². The highest BCUT2D eigenvalue weighted by molar-refractivity contribution is 6.07. The normalized spacial score (nSPS) is 10.2. The average Bonchev–Trinajstić information content (AvgIpc) is 2.36. The largest absolute Gasteiger partial charge is 0.507 e. The molecule has 0 bridgehead atoms. The van der Waals surface area contributed by atoms with Gasteiger partial charge in [-0.3, -0.25) is 4.79 Å². The number of nitrogens with two attached hydrogens (primary N) is 1. The van der Waals surface area contributed by atoms with Gasteiger partial charge in [-0.25, -0.2) is 0 Å². The van der Waals surface area contributed by atoms with Gasteiger partial charge in [0.25, 0.3) is 5.91 Å².